The highest BCUT2D eigenvalue weighted by molar-refractivity contribution is 5.72. The van der Waals surface area contributed by atoms with E-state index < -0.39 is 12.5 Å². The van der Waals surface area contributed by atoms with Gasteiger partial charge in [0, 0.05) is 18.6 Å². The Morgan fingerprint density at radius 2 is 1.66 bits per heavy atom. The molecule has 0 aromatic heterocycles. The monoisotopic (exact) mass is 573 g/mol. The second kappa shape index (κ2) is 17.2. The van der Waals surface area contributed by atoms with Gasteiger partial charge in [-0.3, -0.25) is 10.1 Å². The van der Waals surface area contributed by atoms with Crippen LogP contribution in [-0.2, 0) is 14.3 Å². The van der Waals surface area contributed by atoms with Crippen molar-refractivity contribution in [2.45, 2.75) is 147 Å². The van der Waals surface area contributed by atoms with E-state index in [0.29, 0.717) is 37.9 Å². The van der Waals surface area contributed by atoms with E-state index in [1.54, 1.807) is 0 Å². The second-order valence-electron chi connectivity index (χ2n) is 13.8. The van der Waals surface area contributed by atoms with Crippen molar-refractivity contribution < 1.29 is 24.5 Å². The van der Waals surface area contributed by atoms with Crippen LogP contribution in [0, 0.1) is 29.6 Å². The average Bonchev–Trinajstić information content (AvgIpc) is 3.44. The molecule has 6 heteroatoms. The molecule has 0 aliphatic heterocycles. The number of rotatable bonds is 16. The number of aliphatic hydroxyl groups is 2. The Kier molecular flexibility index (Phi) is 13.7. The summed E-state index contributed by atoms with van der Waals surface area (Å²) in [5.74, 6) is 2.14. The topological polar surface area (TPSA) is 88.0 Å². The van der Waals surface area contributed by atoms with Gasteiger partial charge in [-0.25, -0.2) is 0 Å². The zero-order valence-electron chi connectivity index (χ0n) is 25.8. The molecular weight excluding hydrogens is 514 g/mol. The van der Waals surface area contributed by atoms with Crippen LogP contribution in [0.4, 0.5) is 0 Å². The summed E-state index contributed by atoms with van der Waals surface area (Å²) in [5, 5.41) is 25.4. The molecule has 0 spiro atoms. The van der Waals surface area contributed by atoms with E-state index in [-0.39, 0.29) is 17.4 Å². The molecule has 5 atom stereocenters. The third kappa shape index (κ3) is 10.8. The van der Waals surface area contributed by atoms with Crippen LogP contribution in [0.2, 0.25) is 0 Å². The van der Waals surface area contributed by atoms with Crippen LogP contribution in [0.5, 0.6) is 0 Å². The van der Waals surface area contributed by atoms with Crippen LogP contribution in [0.25, 0.3) is 0 Å². The van der Waals surface area contributed by atoms with Crippen molar-refractivity contribution >= 4 is 5.97 Å². The van der Waals surface area contributed by atoms with E-state index in [1.807, 2.05) is 0 Å². The first kappa shape index (κ1) is 32.7. The molecule has 0 aromatic rings. The SMILES string of the molecule is CCCCOC(O)CC1(NC(O)CC(CC2CCC(C3CC=CCC3)CC2)C(=O)OCC2CC=CCC2)CCCC1. The molecule has 2 saturated carbocycles. The standard InChI is InChI=1S/C35H59NO5/c1-2-3-22-40-33(38)25-35(20-10-11-21-35)36-32(37)24-31(34(39)41-26-28-12-6-4-7-13-28)23-27-16-18-30(19-17-27)29-14-8-5-9-15-29/h4-6,8,27-33,36-38H,2-3,7,9-26H2,1H3. The minimum absolute atomic E-state index is 0.136. The second-order valence-corrected chi connectivity index (χ2v) is 13.8. The first-order valence-electron chi connectivity index (χ1n) is 17.2. The van der Waals surface area contributed by atoms with Gasteiger partial charge in [-0.05, 0) is 107 Å². The van der Waals surface area contributed by atoms with Gasteiger partial charge in [0.15, 0.2) is 6.29 Å². The van der Waals surface area contributed by atoms with Gasteiger partial charge in [0.1, 0.15) is 6.23 Å². The Morgan fingerprint density at radius 3 is 2.32 bits per heavy atom. The van der Waals surface area contributed by atoms with Crippen molar-refractivity contribution in [2.75, 3.05) is 13.2 Å². The number of unbranched alkanes of at least 4 members (excludes halogenated alkanes) is 1. The molecule has 41 heavy (non-hydrogen) atoms. The number of hydrogen-bond acceptors (Lipinski definition) is 6. The molecule has 234 valence electrons. The first-order valence-corrected chi connectivity index (χ1v) is 17.2. The highest BCUT2D eigenvalue weighted by Crippen LogP contribution is 2.41. The lowest BCUT2D eigenvalue weighted by atomic mass is 9.70. The smallest absolute Gasteiger partial charge is 0.309 e. The fraction of sp³-hybridized carbons (Fsp3) is 0.857. The zero-order valence-corrected chi connectivity index (χ0v) is 25.8. The normalized spacial score (nSPS) is 30.1. The van der Waals surface area contributed by atoms with Gasteiger partial charge in [-0.1, -0.05) is 63.3 Å². The van der Waals surface area contributed by atoms with Gasteiger partial charge in [-0.15, -0.1) is 0 Å². The van der Waals surface area contributed by atoms with Crippen molar-refractivity contribution in [1.82, 2.24) is 5.32 Å². The van der Waals surface area contributed by atoms with Gasteiger partial charge in [0.2, 0.25) is 0 Å². The molecule has 6 nitrogen and oxygen atoms in total. The third-order valence-corrected chi connectivity index (χ3v) is 10.6. The average molecular weight is 574 g/mol. The van der Waals surface area contributed by atoms with Gasteiger partial charge in [0.25, 0.3) is 0 Å². The lowest BCUT2D eigenvalue weighted by molar-refractivity contribution is -0.153. The fourth-order valence-corrected chi connectivity index (χ4v) is 8.05. The molecule has 0 radical (unpaired) electrons. The number of hydrogen-bond donors (Lipinski definition) is 3. The summed E-state index contributed by atoms with van der Waals surface area (Å²) < 4.78 is 11.6. The Morgan fingerprint density at radius 1 is 0.927 bits per heavy atom. The van der Waals surface area contributed by atoms with Gasteiger partial charge in [-0.2, -0.15) is 0 Å². The molecule has 0 bridgehead atoms. The first-order chi connectivity index (χ1) is 20.0. The molecule has 0 amide bonds. The largest absolute Gasteiger partial charge is 0.465 e. The predicted molar refractivity (Wildman–Crippen MR) is 164 cm³/mol. The quantitative estimate of drug-likeness (QED) is 0.0784. The molecule has 3 N–H and O–H groups in total. The Hall–Kier alpha value is -1.21. The van der Waals surface area contributed by atoms with Crippen molar-refractivity contribution in [1.29, 1.82) is 0 Å². The van der Waals surface area contributed by atoms with Crippen molar-refractivity contribution in [2.24, 2.45) is 29.6 Å². The summed E-state index contributed by atoms with van der Waals surface area (Å²) in [6.07, 6.45) is 26.8. The fourth-order valence-electron chi connectivity index (χ4n) is 8.05. The van der Waals surface area contributed by atoms with Crippen LogP contribution in [0.1, 0.15) is 129 Å². The third-order valence-electron chi connectivity index (χ3n) is 10.6. The number of carbonyl (C=O) groups is 1. The Bertz CT molecular complexity index is 813. The highest BCUT2D eigenvalue weighted by atomic mass is 16.6. The predicted octanol–water partition coefficient (Wildman–Crippen LogP) is 7.19. The molecule has 0 aromatic carbocycles. The summed E-state index contributed by atoms with van der Waals surface area (Å²) in [7, 11) is 0. The maximum atomic E-state index is 13.5. The molecule has 2 fully saturated rings. The van der Waals surface area contributed by atoms with Crippen LogP contribution < -0.4 is 5.32 Å². The van der Waals surface area contributed by atoms with Crippen molar-refractivity contribution in [3.8, 4) is 0 Å². The van der Waals surface area contributed by atoms with Crippen molar-refractivity contribution in [3.63, 3.8) is 0 Å². The number of ether oxygens (including phenoxy) is 2. The summed E-state index contributed by atoms with van der Waals surface area (Å²) in [4.78, 5) is 13.5. The summed E-state index contributed by atoms with van der Waals surface area (Å²) in [5.41, 5.74) is -0.347. The van der Waals surface area contributed by atoms with Gasteiger partial charge < -0.3 is 19.7 Å². The van der Waals surface area contributed by atoms with Crippen LogP contribution in [0.3, 0.4) is 0 Å². The van der Waals surface area contributed by atoms with E-state index in [9.17, 15) is 15.0 Å². The van der Waals surface area contributed by atoms with E-state index in [1.165, 1.54) is 44.9 Å². The number of carbonyl (C=O) groups excluding carboxylic acids is 1. The van der Waals surface area contributed by atoms with E-state index in [4.69, 9.17) is 9.47 Å². The summed E-state index contributed by atoms with van der Waals surface area (Å²) in [6.45, 7) is 3.15. The van der Waals surface area contributed by atoms with Crippen molar-refractivity contribution in [3.05, 3.63) is 24.3 Å². The number of aliphatic hydroxyl groups excluding tert-OH is 2. The molecule has 0 saturated heterocycles. The Balaban J connectivity index is 1.33. The zero-order chi connectivity index (χ0) is 28.9. The molecule has 4 aliphatic carbocycles. The molecular formula is C35H59NO5. The maximum Gasteiger partial charge on any atom is 0.309 e. The summed E-state index contributed by atoms with van der Waals surface area (Å²) >= 11 is 0. The van der Waals surface area contributed by atoms with E-state index in [0.717, 1.165) is 76.0 Å². The van der Waals surface area contributed by atoms with Gasteiger partial charge in [0.05, 0.1) is 12.5 Å². The Labute approximate surface area is 249 Å². The molecule has 4 aliphatic rings. The van der Waals surface area contributed by atoms with E-state index >= 15 is 0 Å². The van der Waals surface area contributed by atoms with Crippen LogP contribution >= 0.6 is 0 Å². The molecule has 4 rings (SSSR count). The van der Waals surface area contributed by atoms with Crippen LogP contribution in [-0.4, -0.2) is 47.5 Å². The lowest BCUT2D eigenvalue weighted by Gasteiger charge is -2.37. The highest BCUT2D eigenvalue weighted by Gasteiger charge is 2.39. The number of esters is 1. The number of allylic oxidation sites excluding steroid dienone is 4. The lowest BCUT2D eigenvalue weighted by Crippen LogP contribution is -2.51. The molecule has 5 unspecified atom stereocenters. The minimum atomic E-state index is -0.834. The maximum absolute atomic E-state index is 13.5. The number of nitrogens with one attached hydrogen (secondary N) is 1. The summed E-state index contributed by atoms with van der Waals surface area (Å²) in [6, 6.07) is 0. The van der Waals surface area contributed by atoms with Gasteiger partial charge >= 0.3 is 5.97 Å². The van der Waals surface area contributed by atoms with E-state index in [2.05, 4.69) is 36.5 Å². The molecule has 0 heterocycles. The van der Waals surface area contributed by atoms with Crippen LogP contribution in [0.15, 0.2) is 24.3 Å². The minimum Gasteiger partial charge on any atom is -0.465 e.